The lowest BCUT2D eigenvalue weighted by atomic mass is 10.3. The number of aromatic nitrogens is 2. The molecule has 19 heavy (non-hydrogen) atoms. The lowest BCUT2D eigenvalue weighted by Crippen LogP contribution is -2.14. The summed E-state index contributed by atoms with van der Waals surface area (Å²) in [5.74, 6) is 0. The maximum absolute atomic E-state index is 12.1. The van der Waals surface area contributed by atoms with Gasteiger partial charge in [-0.15, -0.1) is 0 Å². The van der Waals surface area contributed by atoms with Gasteiger partial charge in [0.1, 0.15) is 4.90 Å². The predicted molar refractivity (Wildman–Crippen MR) is 71.9 cm³/mol. The average Bonchev–Trinajstić information content (AvgIpc) is 2.41. The summed E-state index contributed by atoms with van der Waals surface area (Å²) in [5.41, 5.74) is 7.27. The first-order valence-electron chi connectivity index (χ1n) is 5.62. The number of sulfonamides is 1. The molecule has 2 aromatic heterocycles. The number of hydrogen-bond acceptors (Lipinski definition) is 5. The van der Waals surface area contributed by atoms with Crippen molar-refractivity contribution in [2.45, 2.75) is 18.4 Å². The Kier molecular flexibility index (Phi) is 3.77. The van der Waals surface area contributed by atoms with Gasteiger partial charge in [-0.2, -0.15) is 0 Å². The Balaban J connectivity index is 2.24. The summed E-state index contributed by atoms with van der Waals surface area (Å²) >= 11 is 0. The summed E-state index contributed by atoms with van der Waals surface area (Å²) in [7, 11) is -3.64. The fourth-order valence-electron chi connectivity index (χ4n) is 1.43. The normalized spacial score (nSPS) is 11.3. The van der Waals surface area contributed by atoms with Crippen molar-refractivity contribution in [3.63, 3.8) is 0 Å². The first-order chi connectivity index (χ1) is 9.01. The minimum absolute atomic E-state index is 0.0882. The molecule has 0 unspecified atom stereocenters. The standard InChI is InChI=1S/C12H14N4O2S/c1-9-2-3-11(7-14-9)16-19(17,18)12-5-4-10(6-13)15-8-12/h2-5,7-8,16H,6,13H2,1H3. The third kappa shape index (κ3) is 3.27. The Bertz CT molecular complexity index is 651. The number of hydrogen-bond donors (Lipinski definition) is 2. The molecule has 0 aliphatic carbocycles. The summed E-state index contributed by atoms with van der Waals surface area (Å²) in [4.78, 5) is 8.07. The van der Waals surface area contributed by atoms with Crippen LogP contribution in [0.1, 0.15) is 11.4 Å². The van der Waals surface area contributed by atoms with Crippen LogP contribution in [0.25, 0.3) is 0 Å². The Morgan fingerprint density at radius 1 is 1.16 bits per heavy atom. The van der Waals surface area contributed by atoms with E-state index in [4.69, 9.17) is 5.73 Å². The molecule has 2 rings (SSSR count). The van der Waals surface area contributed by atoms with Gasteiger partial charge in [-0.3, -0.25) is 14.7 Å². The van der Waals surface area contributed by atoms with E-state index in [2.05, 4.69) is 14.7 Å². The number of pyridine rings is 2. The maximum Gasteiger partial charge on any atom is 0.263 e. The summed E-state index contributed by atoms with van der Waals surface area (Å²) in [6.45, 7) is 2.10. The van der Waals surface area contributed by atoms with Crippen molar-refractivity contribution in [2.24, 2.45) is 5.73 Å². The molecule has 0 aliphatic rings. The molecule has 0 bridgehead atoms. The second-order valence-electron chi connectivity index (χ2n) is 3.98. The fraction of sp³-hybridized carbons (Fsp3) is 0.167. The van der Waals surface area contributed by atoms with Gasteiger partial charge < -0.3 is 5.73 Å². The third-order valence-corrected chi connectivity index (χ3v) is 3.85. The van der Waals surface area contributed by atoms with Gasteiger partial charge in [0.2, 0.25) is 0 Å². The van der Waals surface area contributed by atoms with Crippen LogP contribution in [0.2, 0.25) is 0 Å². The van der Waals surface area contributed by atoms with E-state index >= 15 is 0 Å². The second kappa shape index (κ2) is 5.33. The molecular weight excluding hydrogens is 264 g/mol. The van der Waals surface area contributed by atoms with Crippen LogP contribution in [0, 0.1) is 6.92 Å². The van der Waals surface area contributed by atoms with Gasteiger partial charge in [-0.25, -0.2) is 8.42 Å². The first kappa shape index (κ1) is 13.4. The molecular formula is C12H14N4O2S. The Labute approximate surface area is 111 Å². The van der Waals surface area contributed by atoms with Crippen LogP contribution < -0.4 is 10.5 Å². The molecule has 0 saturated heterocycles. The van der Waals surface area contributed by atoms with Crippen LogP contribution in [-0.2, 0) is 16.6 Å². The van der Waals surface area contributed by atoms with Gasteiger partial charge in [0.25, 0.3) is 10.0 Å². The molecule has 3 N–H and O–H groups in total. The summed E-state index contributed by atoms with van der Waals surface area (Å²) in [6, 6.07) is 6.44. The third-order valence-electron chi connectivity index (χ3n) is 2.48. The molecule has 0 saturated carbocycles. The van der Waals surface area contributed by atoms with Crippen LogP contribution in [0.4, 0.5) is 5.69 Å². The van der Waals surface area contributed by atoms with Crippen molar-refractivity contribution in [2.75, 3.05) is 4.72 Å². The fourth-order valence-corrected chi connectivity index (χ4v) is 2.42. The van der Waals surface area contributed by atoms with Crippen LogP contribution in [0.3, 0.4) is 0 Å². The number of aryl methyl sites for hydroxylation is 1. The molecule has 100 valence electrons. The van der Waals surface area contributed by atoms with Crippen molar-refractivity contribution in [3.05, 3.63) is 48.0 Å². The first-order valence-corrected chi connectivity index (χ1v) is 7.10. The van der Waals surface area contributed by atoms with E-state index in [1.807, 2.05) is 6.92 Å². The van der Waals surface area contributed by atoms with Gasteiger partial charge >= 0.3 is 0 Å². The van der Waals surface area contributed by atoms with Gasteiger partial charge in [-0.1, -0.05) is 0 Å². The zero-order valence-corrected chi connectivity index (χ0v) is 11.2. The molecule has 0 aliphatic heterocycles. The smallest absolute Gasteiger partial charge is 0.263 e. The quantitative estimate of drug-likeness (QED) is 0.871. The SMILES string of the molecule is Cc1ccc(NS(=O)(=O)c2ccc(CN)nc2)cn1. The molecule has 6 nitrogen and oxygen atoms in total. The van der Waals surface area contributed by atoms with Gasteiger partial charge in [0.05, 0.1) is 17.6 Å². The molecule has 0 spiro atoms. The molecule has 0 fully saturated rings. The lowest BCUT2D eigenvalue weighted by molar-refractivity contribution is 0.600. The Hall–Kier alpha value is -1.99. The van der Waals surface area contributed by atoms with Crippen molar-refractivity contribution in [1.29, 1.82) is 0 Å². The minimum Gasteiger partial charge on any atom is -0.325 e. The minimum atomic E-state index is -3.64. The van der Waals surface area contributed by atoms with Gasteiger partial charge in [0.15, 0.2) is 0 Å². The predicted octanol–water partition coefficient (Wildman–Crippen LogP) is 1.04. The molecule has 2 aromatic rings. The summed E-state index contributed by atoms with van der Waals surface area (Å²) in [6.07, 6.45) is 2.75. The van der Waals surface area contributed by atoms with E-state index in [1.54, 1.807) is 18.2 Å². The Morgan fingerprint density at radius 2 is 1.95 bits per heavy atom. The largest absolute Gasteiger partial charge is 0.325 e. The summed E-state index contributed by atoms with van der Waals surface area (Å²) < 4.78 is 26.6. The highest BCUT2D eigenvalue weighted by Gasteiger charge is 2.14. The van der Waals surface area contributed by atoms with Crippen LogP contribution in [0.5, 0.6) is 0 Å². The number of rotatable bonds is 4. The van der Waals surface area contributed by atoms with E-state index in [0.717, 1.165) is 5.69 Å². The zero-order valence-electron chi connectivity index (χ0n) is 10.4. The number of nitrogens with two attached hydrogens (primary N) is 1. The van der Waals surface area contributed by atoms with Crippen LogP contribution in [0.15, 0.2) is 41.6 Å². The topological polar surface area (TPSA) is 98.0 Å². The molecule has 0 atom stereocenters. The van der Waals surface area contributed by atoms with Crippen molar-refractivity contribution in [1.82, 2.24) is 9.97 Å². The molecule has 0 aromatic carbocycles. The average molecular weight is 278 g/mol. The van der Waals surface area contributed by atoms with E-state index in [0.29, 0.717) is 11.4 Å². The van der Waals surface area contributed by atoms with Crippen LogP contribution in [-0.4, -0.2) is 18.4 Å². The summed E-state index contributed by atoms with van der Waals surface area (Å²) in [5, 5.41) is 0. The van der Waals surface area contributed by atoms with Crippen molar-refractivity contribution < 1.29 is 8.42 Å². The number of anilines is 1. The molecule has 2 heterocycles. The number of nitrogens with one attached hydrogen (secondary N) is 1. The molecule has 0 radical (unpaired) electrons. The lowest BCUT2D eigenvalue weighted by Gasteiger charge is -2.08. The van der Waals surface area contributed by atoms with Gasteiger partial charge in [-0.05, 0) is 31.2 Å². The highest BCUT2D eigenvalue weighted by molar-refractivity contribution is 7.92. The van der Waals surface area contributed by atoms with E-state index in [-0.39, 0.29) is 11.4 Å². The maximum atomic E-state index is 12.1. The van der Waals surface area contributed by atoms with Gasteiger partial charge in [0, 0.05) is 18.4 Å². The van der Waals surface area contributed by atoms with Crippen molar-refractivity contribution >= 4 is 15.7 Å². The highest BCUT2D eigenvalue weighted by Crippen LogP contribution is 2.14. The van der Waals surface area contributed by atoms with E-state index < -0.39 is 10.0 Å². The Morgan fingerprint density at radius 3 is 2.47 bits per heavy atom. The second-order valence-corrected chi connectivity index (χ2v) is 5.67. The van der Waals surface area contributed by atoms with E-state index in [9.17, 15) is 8.42 Å². The van der Waals surface area contributed by atoms with E-state index in [1.165, 1.54) is 18.5 Å². The number of nitrogens with zero attached hydrogens (tertiary/aromatic N) is 2. The van der Waals surface area contributed by atoms with Crippen LogP contribution >= 0.6 is 0 Å². The highest BCUT2D eigenvalue weighted by atomic mass is 32.2. The molecule has 0 amide bonds. The monoisotopic (exact) mass is 278 g/mol. The zero-order chi connectivity index (χ0) is 13.9. The molecule has 7 heteroatoms. The van der Waals surface area contributed by atoms with Crippen molar-refractivity contribution in [3.8, 4) is 0 Å².